The molecule has 116 valence electrons. The van der Waals surface area contributed by atoms with Crippen molar-refractivity contribution in [2.75, 3.05) is 13.7 Å². The highest BCUT2D eigenvalue weighted by Crippen LogP contribution is 2.30. The number of ether oxygens (including phenoxy) is 1. The van der Waals surface area contributed by atoms with Gasteiger partial charge in [0.15, 0.2) is 0 Å². The number of aliphatic carboxylic acids is 1. The van der Waals surface area contributed by atoms with Crippen molar-refractivity contribution in [3.05, 3.63) is 41.6 Å². The van der Waals surface area contributed by atoms with Gasteiger partial charge in [-0.2, -0.15) is 0 Å². The highest BCUT2D eigenvalue weighted by Gasteiger charge is 2.35. The van der Waals surface area contributed by atoms with Crippen molar-refractivity contribution in [1.82, 2.24) is 10.3 Å². The second kappa shape index (κ2) is 5.59. The van der Waals surface area contributed by atoms with E-state index in [1.807, 2.05) is 31.3 Å². The summed E-state index contributed by atoms with van der Waals surface area (Å²) < 4.78 is 5.37. The lowest BCUT2D eigenvalue weighted by molar-refractivity contribution is -0.139. The van der Waals surface area contributed by atoms with Gasteiger partial charge in [0.1, 0.15) is 11.6 Å². The summed E-state index contributed by atoms with van der Waals surface area (Å²) in [6, 6.07) is 5.43. The van der Waals surface area contributed by atoms with E-state index in [-0.39, 0.29) is 5.60 Å². The lowest BCUT2D eigenvalue weighted by Gasteiger charge is -2.11. The Labute approximate surface area is 129 Å². The molecule has 2 aromatic rings. The Morgan fingerprint density at radius 1 is 1.59 bits per heavy atom. The van der Waals surface area contributed by atoms with E-state index in [2.05, 4.69) is 22.5 Å². The maximum Gasteiger partial charge on any atom is 0.321 e. The number of hydrogen-bond donors (Lipinski definition) is 3. The number of fused-ring (bicyclic) bond motifs is 1. The van der Waals surface area contributed by atoms with Gasteiger partial charge in [-0.05, 0) is 31.2 Å². The number of carboxylic acids is 1. The van der Waals surface area contributed by atoms with Gasteiger partial charge in [-0.25, -0.2) is 0 Å². The number of likely N-dealkylation sites (N-methyl/N-ethyl adjacent to an activating group) is 1. The van der Waals surface area contributed by atoms with Crippen LogP contribution in [0, 0.1) is 0 Å². The second-order valence-corrected chi connectivity index (χ2v) is 5.90. The first-order chi connectivity index (χ1) is 10.5. The third-order valence-electron chi connectivity index (χ3n) is 4.11. The summed E-state index contributed by atoms with van der Waals surface area (Å²) in [6.45, 7) is 2.80. The topological polar surface area (TPSA) is 77.7 Å². The minimum Gasteiger partial charge on any atom is -0.480 e. The molecule has 0 aliphatic carbocycles. The first kappa shape index (κ1) is 14.8. The standard InChI is InChI=1S/C17H20N2O3/c1-17(10-22-17)7-6-11-4-3-5-13-15(11)12(9-19-13)8-14(18-2)16(20)21/h3-7,9,14,18-19H,8,10H2,1-2H3,(H,20,21)/b7-6+/t14-,17?/m0/s1. The summed E-state index contributed by atoms with van der Waals surface area (Å²) in [5.41, 5.74) is 2.94. The molecule has 2 atom stereocenters. The Kier molecular flexibility index (Phi) is 3.76. The quantitative estimate of drug-likeness (QED) is 0.715. The number of H-pyrrole nitrogens is 1. The van der Waals surface area contributed by atoms with Crippen LogP contribution in [0.4, 0.5) is 0 Å². The Morgan fingerprint density at radius 2 is 2.36 bits per heavy atom. The number of carboxylic acid groups (broad SMARTS) is 1. The van der Waals surface area contributed by atoms with Gasteiger partial charge in [0.25, 0.3) is 0 Å². The number of epoxide rings is 1. The Balaban J connectivity index is 1.97. The summed E-state index contributed by atoms with van der Waals surface area (Å²) >= 11 is 0. The van der Waals surface area contributed by atoms with Crippen LogP contribution in [-0.2, 0) is 16.0 Å². The van der Waals surface area contributed by atoms with E-state index in [0.29, 0.717) is 6.42 Å². The van der Waals surface area contributed by atoms with E-state index in [1.165, 1.54) is 0 Å². The molecule has 1 aliphatic rings. The first-order valence-corrected chi connectivity index (χ1v) is 7.35. The Hall–Kier alpha value is -2.11. The van der Waals surface area contributed by atoms with Crippen molar-refractivity contribution < 1.29 is 14.6 Å². The van der Waals surface area contributed by atoms with Gasteiger partial charge in [0.05, 0.1) is 6.61 Å². The molecular weight excluding hydrogens is 280 g/mol. The molecule has 0 bridgehead atoms. The number of rotatable bonds is 6. The number of aromatic nitrogens is 1. The Morgan fingerprint density at radius 3 is 3.00 bits per heavy atom. The SMILES string of the molecule is CN[C@@H](Cc1c[nH]c2cccc(/C=C/C3(C)CO3)c12)C(=O)O. The molecule has 1 fully saturated rings. The van der Waals surface area contributed by atoms with Crippen molar-refractivity contribution in [3.8, 4) is 0 Å². The zero-order valence-electron chi connectivity index (χ0n) is 12.7. The van der Waals surface area contributed by atoms with E-state index in [4.69, 9.17) is 4.74 Å². The lowest BCUT2D eigenvalue weighted by atomic mass is 10.00. The predicted molar refractivity (Wildman–Crippen MR) is 85.9 cm³/mol. The maximum atomic E-state index is 11.2. The molecule has 1 saturated heterocycles. The summed E-state index contributed by atoms with van der Waals surface area (Å²) in [6.07, 6.45) is 6.45. The van der Waals surface area contributed by atoms with Gasteiger partial charge in [-0.15, -0.1) is 0 Å². The molecule has 1 aliphatic heterocycles. The second-order valence-electron chi connectivity index (χ2n) is 5.90. The minimum absolute atomic E-state index is 0.146. The van der Waals surface area contributed by atoms with E-state index in [9.17, 15) is 9.90 Å². The van der Waals surface area contributed by atoms with Crippen molar-refractivity contribution in [2.45, 2.75) is 25.0 Å². The Bertz CT molecular complexity index is 729. The molecule has 0 saturated carbocycles. The van der Waals surface area contributed by atoms with E-state index in [0.717, 1.165) is 28.6 Å². The molecule has 1 unspecified atom stereocenters. The van der Waals surface area contributed by atoms with Crippen molar-refractivity contribution in [1.29, 1.82) is 0 Å². The maximum absolute atomic E-state index is 11.2. The largest absolute Gasteiger partial charge is 0.480 e. The van der Waals surface area contributed by atoms with Crippen LogP contribution in [-0.4, -0.2) is 41.4 Å². The number of aromatic amines is 1. The average Bonchev–Trinajstić information content (AvgIpc) is 3.09. The molecule has 2 heterocycles. The number of benzene rings is 1. The molecule has 0 radical (unpaired) electrons. The third-order valence-corrected chi connectivity index (χ3v) is 4.11. The van der Waals surface area contributed by atoms with Gasteiger partial charge in [0, 0.05) is 23.5 Å². The van der Waals surface area contributed by atoms with Crippen LogP contribution in [0.1, 0.15) is 18.1 Å². The van der Waals surface area contributed by atoms with Crippen LogP contribution in [0.5, 0.6) is 0 Å². The summed E-state index contributed by atoms with van der Waals surface area (Å²) in [4.78, 5) is 14.5. The van der Waals surface area contributed by atoms with Crippen molar-refractivity contribution in [2.24, 2.45) is 0 Å². The fourth-order valence-electron chi connectivity index (χ4n) is 2.59. The van der Waals surface area contributed by atoms with E-state index >= 15 is 0 Å². The molecule has 22 heavy (non-hydrogen) atoms. The van der Waals surface area contributed by atoms with Gasteiger partial charge in [0.2, 0.25) is 0 Å². The zero-order valence-corrected chi connectivity index (χ0v) is 12.7. The molecule has 3 rings (SSSR count). The van der Waals surface area contributed by atoms with Crippen molar-refractivity contribution >= 4 is 22.9 Å². The lowest BCUT2D eigenvalue weighted by Crippen LogP contribution is -2.35. The van der Waals surface area contributed by atoms with Crippen LogP contribution in [0.2, 0.25) is 0 Å². The summed E-state index contributed by atoms with van der Waals surface area (Å²) in [5, 5.41) is 13.1. The normalized spacial score (nSPS) is 22.3. The van der Waals surface area contributed by atoms with Gasteiger partial charge < -0.3 is 20.1 Å². The van der Waals surface area contributed by atoms with E-state index < -0.39 is 12.0 Å². The van der Waals surface area contributed by atoms with Gasteiger partial charge in [-0.1, -0.05) is 24.3 Å². The smallest absolute Gasteiger partial charge is 0.321 e. The monoisotopic (exact) mass is 300 g/mol. The van der Waals surface area contributed by atoms with Crippen LogP contribution in [0.3, 0.4) is 0 Å². The third kappa shape index (κ3) is 2.91. The summed E-state index contributed by atoms with van der Waals surface area (Å²) in [7, 11) is 1.67. The predicted octanol–water partition coefficient (Wildman–Crippen LogP) is 2.19. The fourth-order valence-corrected chi connectivity index (χ4v) is 2.59. The number of hydrogen-bond acceptors (Lipinski definition) is 3. The molecular formula is C17H20N2O3. The molecule has 1 aromatic heterocycles. The number of carbonyl (C=O) groups is 1. The highest BCUT2D eigenvalue weighted by atomic mass is 16.6. The first-order valence-electron chi connectivity index (χ1n) is 7.35. The molecule has 3 N–H and O–H groups in total. The molecule has 1 aromatic carbocycles. The highest BCUT2D eigenvalue weighted by molar-refractivity contribution is 5.92. The summed E-state index contributed by atoms with van der Waals surface area (Å²) in [5.74, 6) is -0.844. The molecule has 0 amide bonds. The van der Waals surface area contributed by atoms with Crippen LogP contribution in [0.25, 0.3) is 17.0 Å². The van der Waals surface area contributed by atoms with Crippen LogP contribution < -0.4 is 5.32 Å². The van der Waals surface area contributed by atoms with E-state index in [1.54, 1.807) is 7.05 Å². The zero-order chi connectivity index (χ0) is 15.7. The van der Waals surface area contributed by atoms with Crippen LogP contribution in [0.15, 0.2) is 30.5 Å². The fraction of sp³-hybridized carbons (Fsp3) is 0.353. The van der Waals surface area contributed by atoms with Crippen LogP contribution >= 0.6 is 0 Å². The minimum atomic E-state index is -0.844. The van der Waals surface area contributed by atoms with Crippen molar-refractivity contribution in [3.63, 3.8) is 0 Å². The number of nitrogens with one attached hydrogen (secondary N) is 2. The van der Waals surface area contributed by atoms with Gasteiger partial charge >= 0.3 is 5.97 Å². The average molecular weight is 300 g/mol. The van der Waals surface area contributed by atoms with Gasteiger partial charge in [-0.3, -0.25) is 4.79 Å². The molecule has 5 heteroatoms. The molecule has 5 nitrogen and oxygen atoms in total. The molecule has 0 spiro atoms.